The summed E-state index contributed by atoms with van der Waals surface area (Å²) in [5.74, 6) is 0.361. The fourth-order valence-corrected chi connectivity index (χ4v) is 1.94. The van der Waals surface area contributed by atoms with Gasteiger partial charge in [-0.15, -0.1) is 0 Å². The Bertz CT molecular complexity index is 162. The molecule has 0 radical (unpaired) electrons. The Morgan fingerprint density at radius 3 is 1.88 bits per heavy atom. The van der Waals surface area contributed by atoms with Gasteiger partial charge in [-0.25, -0.2) is 0 Å². The van der Waals surface area contributed by atoms with E-state index in [-0.39, 0.29) is 0 Å². The van der Waals surface area contributed by atoms with Crippen LogP contribution in [0.15, 0.2) is 0 Å². The molecule has 16 heavy (non-hydrogen) atoms. The maximum atomic E-state index is 11.9. The van der Waals surface area contributed by atoms with Gasteiger partial charge in [0.2, 0.25) is 5.91 Å². The van der Waals surface area contributed by atoms with Gasteiger partial charge in [0.05, 0.1) is 0 Å². The van der Waals surface area contributed by atoms with Crippen molar-refractivity contribution in [2.75, 3.05) is 13.1 Å². The van der Waals surface area contributed by atoms with Crippen molar-refractivity contribution >= 4 is 5.91 Å². The first-order valence-electron chi connectivity index (χ1n) is 7.04. The van der Waals surface area contributed by atoms with E-state index in [9.17, 15) is 4.79 Å². The number of amides is 1. The first-order chi connectivity index (χ1) is 7.76. The van der Waals surface area contributed by atoms with Gasteiger partial charge in [-0.3, -0.25) is 4.79 Å². The Labute approximate surface area is 101 Å². The Morgan fingerprint density at radius 1 is 0.812 bits per heavy atom. The van der Waals surface area contributed by atoms with Crippen molar-refractivity contribution in [2.24, 2.45) is 0 Å². The van der Waals surface area contributed by atoms with Crippen molar-refractivity contribution in [3.63, 3.8) is 0 Å². The number of carbonyl (C=O) groups is 1. The molecule has 2 nitrogen and oxygen atoms in total. The summed E-state index contributed by atoms with van der Waals surface area (Å²) in [7, 11) is 0. The van der Waals surface area contributed by atoms with E-state index < -0.39 is 0 Å². The van der Waals surface area contributed by atoms with Crippen LogP contribution in [0.4, 0.5) is 0 Å². The largest absolute Gasteiger partial charge is 0.343 e. The maximum Gasteiger partial charge on any atom is 0.222 e. The molecule has 0 unspecified atom stereocenters. The van der Waals surface area contributed by atoms with Gasteiger partial charge in [0, 0.05) is 19.5 Å². The summed E-state index contributed by atoms with van der Waals surface area (Å²) in [6, 6.07) is 0. The molecule has 0 spiro atoms. The first kappa shape index (κ1) is 15.5. The molecule has 0 saturated carbocycles. The van der Waals surface area contributed by atoms with Crippen LogP contribution in [0.25, 0.3) is 0 Å². The number of rotatable bonds is 10. The standard InChI is InChI=1S/C14H29NO/c1-4-7-8-9-10-11-14(16)15(12-5-2)13-6-3/h4-13H2,1-3H3. The molecule has 0 saturated heterocycles. The zero-order valence-electron chi connectivity index (χ0n) is 11.4. The Hall–Kier alpha value is -0.530. The van der Waals surface area contributed by atoms with E-state index in [1.54, 1.807) is 0 Å². The molecule has 0 heterocycles. The summed E-state index contributed by atoms with van der Waals surface area (Å²) in [4.78, 5) is 13.9. The van der Waals surface area contributed by atoms with Gasteiger partial charge in [-0.2, -0.15) is 0 Å². The summed E-state index contributed by atoms with van der Waals surface area (Å²) < 4.78 is 0. The molecule has 1 amide bonds. The van der Waals surface area contributed by atoms with Crippen molar-refractivity contribution in [1.29, 1.82) is 0 Å². The van der Waals surface area contributed by atoms with Gasteiger partial charge in [-0.05, 0) is 19.3 Å². The summed E-state index contributed by atoms with van der Waals surface area (Å²) >= 11 is 0. The van der Waals surface area contributed by atoms with Gasteiger partial charge in [0.1, 0.15) is 0 Å². The third-order valence-electron chi connectivity index (χ3n) is 2.83. The highest BCUT2D eigenvalue weighted by molar-refractivity contribution is 5.76. The lowest BCUT2D eigenvalue weighted by Gasteiger charge is -2.21. The molecular weight excluding hydrogens is 198 g/mol. The molecule has 0 atom stereocenters. The number of hydrogen-bond acceptors (Lipinski definition) is 1. The summed E-state index contributed by atoms with van der Waals surface area (Å²) in [6.45, 7) is 8.35. The molecule has 0 aliphatic carbocycles. The summed E-state index contributed by atoms with van der Waals surface area (Å²) in [5, 5.41) is 0. The van der Waals surface area contributed by atoms with Crippen LogP contribution in [-0.2, 0) is 4.79 Å². The normalized spacial score (nSPS) is 10.4. The lowest BCUT2D eigenvalue weighted by molar-refractivity contribution is -0.131. The molecule has 2 heteroatoms. The third-order valence-corrected chi connectivity index (χ3v) is 2.83. The summed E-state index contributed by atoms with van der Waals surface area (Å²) in [5.41, 5.74) is 0. The smallest absolute Gasteiger partial charge is 0.222 e. The molecule has 0 N–H and O–H groups in total. The fourth-order valence-electron chi connectivity index (χ4n) is 1.94. The molecule has 0 rings (SSSR count). The van der Waals surface area contributed by atoms with Crippen molar-refractivity contribution in [3.8, 4) is 0 Å². The number of carbonyl (C=O) groups excluding carboxylic acids is 1. The second-order valence-electron chi connectivity index (χ2n) is 4.55. The zero-order chi connectivity index (χ0) is 12.2. The Morgan fingerprint density at radius 2 is 1.38 bits per heavy atom. The van der Waals surface area contributed by atoms with Crippen LogP contribution in [0, 0.1) is 0 Å². The number of hydrogen-bond donors (Lipinski definition) is 0. The van der Waals surface area contributed by atoms with E-state index in [0.717, 1.165) is 38.8 Å². The highest BCUT2D eigenvalue weighted by atomic mass is 16.2. The SMILES string of the molecule is CCCCCCCC(=O)N(CCC)CCC. The van der Waals surface area contributed by atoms with Crippen LogP contribution in [0.3, 0.4) is 0 Å². The lowest BCUT2D eigenvalue weighted by atomic mass is 10.1. The van der Waals surface area contributed by atoms with E-state index in [4.69, 9.17) is 0 Å². The van der Waals surface area contributed by atoms with Crippen LogP contribution in [0.5, 0.6) is 0 Å². The van der Waals surface area contributed by atoms with Crippen LogP contribution in [0.1, 0.15) is 72.1 Å². The van der Waals surface area contributed by atoms with E-state index in [1.807, 2.05) is 4.90 Å². The lowest BCUT2D eigenvalue weighted by Crippen LogP contribution is -2.32. The van der Waals surface area contributed by atoms with Gasteiger partial charge >= 0.3 is 0 Å². The van der Waals surface area contributed by atoms with Gasteiger partial charge in [0.25, 0.3) is 0 Å². The quantitative estimate of drug-likeness (QED) is 0.517. The number of unbranched alkanes of at least 4 members (excludes halogenated alkanes) is 4. The van der Waals surface area contributed by atoms with Crippen LogP contribution >= 0.6 is 0 Å². The van der Waals surface area contributed by atoms with Crippen molar-refractivity contribution in [3.05, 3.63) is 0 Å². The van der Waals surface area contributed by atoms with Crippen molar-refractivity contribution in [2.45, 2.75) is 72.1 Å². The second-order valence-corrected chi connectivity index (χ2v) is 4.55. The van der Waals surface area contributed by atoms with Crippen molar-refractivity contribution < 1.29 is 4.79 Å². The molecule has 0 aliphatic rings. The van der Waals surface area contributed by atoms with Crippen LogP contribution in [-0.4, -0.2) is 23.9 Å². The molecular formula is C14H29NO. The van der Waals surface area contributed by atoms with E-state index in [1.165, 1.54) is 25.7 Å². The summed E-state index contributed by atoms with van der Waals surface area (Å²) in [6.07, 6.45) is 9.04. The highest BCUT2D eigenvalue weighted by Gasteiger charge is 2.10. The maximum absolute atomic E-state index is 11.9. The van der Waals surface area contributed by atoms with E-state index in [0.29, 0.717) is 5.91 Å². The Balaban J connectivity index is 3.65. The highest BCUT2D eigenvalue weighted by Crippen LogP contribution is 2.07. The molecule has 0 fully saturated rings. The van der Waals surface area contributed by atoms with Gasteiger partial charge in [-0.1, -0.05) is 46.5 Å². The van der Waals surface area contributed by atoms with Crippen molar-refractivity contribution in [1.82, 2.24) is 4.90 Å². The molecule has 0 bridgehead atoms. The van der Waals surface area contributed by atoms with Crippen LogP contribution < -0.4 is 0 Å². The molecule has 0 aliphatic heterocycles. The second kappa shape index (κ2) is 11.0. The molecule has 0 aromatic rings. The minimum absolute atomic E-state index is 0.361. The average Bonchev–Trinajstić information content (AvgIpc) is 2.28. The van der Waals surface area contributed by atoms with Gasteiger partial charge < -0.3 is 4.90 Å². The molecule has 0 aromatic heterocycles. The van der Waals surface area contributed by atoms with E-state index in [2.05, 4.69) is 20.8 Å². The molecule has 96 valence electrons. The predicted molar refractivity (Wildman–Crippen MR) is 70.5 cm³/mol. The first-order valence-corrected chi connectivity index (χ1v) is 7.04. The zero-order valence-corrected chi connectivity index (χ0v) is 11.4. The van der Waals surface area contributed by atoms with Crippen LogP contribution in [0.2, 0.25) is 0 Å². The molecule has 0 aromatic carbocycles. The predicted octanol–water partition coefficient (Wildman–Crippen LogP) is 4.00. The third kappa shape index (κ3) is 7.72. The van der Waals surface area contributed by atoms with E-state index >= 15 is 0 Å². The topological polar surface area (TPSA) is 20.3 Å². The number of nitrogens with zero attached hydrogens (tertiary/aromatic N) is 1. The minimum atomic E-state index is 0.361. The minimum Gasteiger partial charge on any atom is -0.343 e. The Kier molecular flexibility index (Phi) is 10.6. The fraction of sp³-hybridized carbons (Fsp3) is 0.929. The van der Waals surface area contributed by atoms with Gasteiger partial charge in [0.15, 0.2) is 0 Å². The monoisotopic (exact) mass is 227 g/mol. The average molecular weight is 227 g/mol.